The molecule has 0 atom stereocenters. The van der Waals surface area contributed by atoms with Gasteiger partial charge in [-0.05, 0) is 35.1 Å². The molecule has 0 bridgehead atoms. The van der Waals surface area contributed by atoms with Gasteiger partial charge in [-0.25, -0.2) is 9.59 Å². The van der Waals surface area contributed by atoms with Crippen LogP contribution in [0, 0.1) is 17.3 Å². The zero-order valence-corrected chi connectivity index (χ0v) is 15.4. The molecule has 2 aliphatic rings. The number of alkyl carbamates (subject to hydrolysis) is 1. The van der Waals surface area contributed by atoms with Crippen LogP contribution in [0.3, 0.4) is 0 Å². The van der Waals surface area contributed by atoms with Crippen LogP contribution in [0.5, 0.6) is 0 Å². The SMILES string of the molecule is O=C(O)C#CC1(CNC(=O)OCC2c3ccccc3-c3ccccc32)CCC1. The number of aliphatic carboxylic acids is 1. The van der Waals surface area contributed by atoms with Crippen LogP contribution < -0.4 is 5.32 Å². The van der Waals surface area contributed by atoms with E-state index in [1.807, 2.05) is 24.3 Å². The first-order valence-electron chi connectivity index (χ1n) is 9.43. The van der Waals surface area contributed by atoms with Crippen molar-refractivity contribution in [2.45, 2.75) is 25.2 Å². The monoisotopic (exact) mass is 375 g/mol. The second-order valence-corrected chi connectivity index (χ2v) is 7.37. The molecule has 2 aliphatic carbocycles. The molecule has 0 heterocycles. The van der Waals surface area contributed by atoms with E-state index in [4.69, 9.17) is 9.84 Å². The number of hydrogen-bond donors (Lipinski definition) is 2. The van der Waals surface area contributed by atoms with E-state index < -0.39 is 17.5 Å². The van der Waals surface area contributed by atoms with Gasteiger partial charge in [0.25, 0.3) is 0 Å². The Kier molecular flexibility index (Phi) is 4.79. The van der Waals surface area contributed by atoms with Crippen molar-refractivity contribution in [3.63, 3.8) is 0 Å². The minimum Gasteiger partial charge on any atom is -0.472 e. The maximum Gasteiger partial charge on any atom is 0.407 e. The third kappa shape index (κ3) is 3.46. The number of carbonyl (C=O) groups is 2. The lowest BCUT2D eigenvalue weighted by atomic mass is 9.69. The minimum atomic E-state index is -1.15. The first-order valence-corrected chi connectivity index (χ1v) is 9.43. The normalized spacial score (nSPS) is 16.0. The van der Waals surface area contributed by atoms with Crippen molar-refractivity contribution in [3.8, 4) is 23.0 Å². The molecule has 0 aliphatic heterocycles. The van der Waals surface area contributed by atoms with Crippen LogP contribution in [-0.2, 0) is 9.53 Å². The van der Waals surface area contributed by atoms with Crippen molar-refractivity contribution < 1.29 is 19.4 Å². The lowest BCUT2D eigenvalue weighted by Crippen LogP contribution is -2.41. The van der Waals surface area contributed by atoms with Gasteiger partial charge in [0.05, 0.1) is 0 Å². The molecule has 0 unspecified atom stereocenters. The second-order valence-electron chi connectivity index (χ2n) is 7.37. The van der Waals surface area contributed by atoms with Gasteiger partial charge in [0.2, 0.25) is 0 Å². The molecular formula is C23H21NO4. The lowest BCUT2D eigenvalue weighted by molar-refractivity contribution is -0.130. The number of rotatable bonds is 4. The summed E-state index contributed by atoms with van der Waals surface area (Å²) in [6.45, 7) is 0.567. The fourth-order valence-corrected chi connectivity index (χ4v) is 4.03. The van der Waals surface area contributed by atoms with E-state index >= 15 is 0 Å². The highest BCUT2D eigenvalue weighted by Crippen LogP contribution is 2.44. The molecule has 28 heavy (non-hydrogen) atoms. The highest BCUT2D eigenvalue weighted by Gasteiger charge is 2.36. The highest BCUT2D eigenvalue weighted by molar-refractivity contribution is 5.86. The second kappa shape index (κ2) is 7.40. The molecule has 0 aromatic heterocycles. The van der Waals surface area contributed by atoms with Gasteiger partial charge in [0.15, 0.2) is 0 Å². The van der Waals surface area contributed by atoms with E-state index in [1.165, 1.54) is 22.3 Å². The van der Waals surface area contributed by atoms with Crippen LogP contribution in [0.25, 0.3) is 11.1 Å². The van der Waals surface area contributed by atoms with Crippen LogP contribution >= 0.6 is 0 Å². The molecule has 1 saturated carbocycles. The van der Waals surface area contributed by atoms with Crippen LogP contribution in [0.2, 0.25) is 0 Å². The van der Waals surface area contributed by atoms with Gasteiger partial charge in [-0.3, -0.25) is 0 Å². The van der Waals surface area contributed by atoms with E-state index in [-0.39, 0.29) is 12.5 Å². The lowest BCUT2D eigenvalue weighted by Gasteiger charge is -2.36. The van der Waals surface area contributed by atoms with Crippen LogP contribution in [0.4, 0.5) is 4.79 Å². The van der Waals surface area contributed by atoms with E-state index in [2.05, 4.69) is 41.4 Å². The average molecular weight is 375 g/mol. The summed E-state index contributed by atoms with van der Waals surface area (Å²) in [7, 11) is 0. The number of ether oxygens (including phenoxy) is 1. The van der Waals surface area contributed by atoms with Gasteiger partial charge < -0.3 is 15.2 Å². The molecule has 1 fully saturated rings. The van der Waals surface area contributed by atoms with Crippen molar-refractivity contribution in [1.82, 2.24) is 5.32 Å². The maximum atomic E-state index is 12.3. The summed E-state index contributed by atoms with van der Waals surface area (Å²) in [5, 5.41) is 11.5. The number of hydrogen-bond acceptors (Lipinski definition) is 3. The Morgan fingerprint density at radius 1 is 1.07 bits per heavy atom. The topological polar surface area (TPSA) is 75.6 Å². The molecule has 0 radical (unpaired) electrons. The van der Waals surface area contributed by atoms with Gasteiger partial charge in [-0.15, -0.1) is 0 Å². The Balaban J connectivity index is 1.39. The maximum absolute atomic E-state index is 12.3. The number of benzene rings is 2. The Morgan fingerprint density at radius 2 is 1.68 bits per heavy atom. The Morgan fingerprint density at radius 3 is 2.21 bits per heavy atom. The van der Waals surface area contributed by atoms with Crippen molar-refractivity contribution in [2.24, 2.45) is 5.41 Å². The Bertz CT molecular complexity index is 936. The summed E-state index contributed by atoms with van der Waals surface area (Å²) in [6, 6.07) is 16.4. The van der Waals surface area contributed by atoms with E-state index in [9.17, 15) is 9.59 Å². The predicted octanol–water partition coefficient (Wildman–Crippen LogP) is 3.78. The van der Waals surface area contributed by atoms with Crippen molar-refractivity contribution >= 4 is 12.1 Å². The first-order chi connectivity index (χ1) is 13.6. The molecule has 2 N–H and O–H groups in total. The third-order valence-electron chi connectivity index (χ3n) is 5.66. The molecule has 5 nitrogen and oxygen atoms in total. The summed E-state index contributed by atoms with van der Waals surface area (Å²) in [4.78, 5) is 22.9. The summed E-state index contributed by atoms with van der Waals surface area (Å²) in [5.41, 5.74) is 4.26. The van der Waals surface area contributed by atoms with Gasteiger partial charge in [0.1, 0.15) is 6.61 Å². The molecular weight excluding hydrogens is 354 g/mol. The van der Waals surface area contributed by atoms with Gasteiger partial charge in [-0.1, -0.05) is 60.9 Å². The molecule has 1 amide bonds. The first kappa shape index (κ1) is 18.1. The molecule has 0 saturated heterocycles. The van der Waals surface area contributed by atoms with Gasteiger partial charge in [-0.2, -0.15) is 0 Å². The van der Waals surface area contributed by atoms with Gasteiger partial charge in [0, 0.05) is 23.8 Å². The van der Waals surface area contributed by atoms with E-state index in [0.29, 0.717) is 6.54 Å². The van der Waals surface area contributed by atoms with Crippen molar-refractivity contribution in [1.29, 1.82) is 0 Å². The molecule has 4 rings (SSSR count). The fourth-order valence-electron chi connectivity index (χ4n) is 4.03. The molecule has 2 aromatic rings. The highest BCUT2D eigenvalue weighted by atomic mass is 16.5. The number of nitrogens with one attached hydrogen (secondary N) is 1. The van der Waals surface area contributed by atoms with E-state index in [0.717, 1.165) is 19.3 Å². The van der Waals surface area contributed by atoms with Crippen LogP contribution in [0.1, 0.15) is 36.3 Å². The Labute approximate surface area is 163 Å². The molecule has 5 heteroatoms. The largest absolute Gasteiger partial charge is 0.472 e. The number of carboxylic acid groups (broad SMARTS) is 1. The quantitative estimate of drug-likeness (QED) is 0.798. The smallest absolute Gasteiger partial charge is 0.407 e. The van der Waals surface area contributed by atoms with Crippen molar-refractivity contribution in [2.75, 3.05) is 13.2 Å². The third-order valence-corrected chi connectivity index (χ3v) is 5.66. The zero-order chi connectivity index (χ0) is 19.6. The van der Waals surface area contributed by atoms with Crippen LogP contribution in [-0.4, -0.2) is 30.3 Å². The number of carbonyl (C=O) groups excluding carboxylic acids is 1. The van der Waals surface area contributed by atoms with Gasteiger partial charge >= 0.3 is 12.1 Å². The fraction of sp³-hybridized carbons (Fsp3) is 0.304. The summed E-state index contributed by atoms with van der Waals surface area (Å²) in [6.07, 6.45) is 2.07. The summed E-state index contributed by atoms with van der Waals surface area (Å²) < 4.78 is 5.51. The average Bonchev–Trinajstić information content (AvgIpc) is 2.99. The number of amides is 1. The Hall–Kier alpha value is -3.26. The van der Waals surface area contributed by atoms with Crippen molar-refractivity contribution in [3.05, 3.63) is 59.7 Å². The molecule has 0 spiro atoms. The standard InChI is InChI=1S/C23H21NO4/c25-21(26)10-13-23(11-5-12-23)15-24-22(27)28-14-20-18-8-3-1-6-16(18)17-7-2-4-9-19(17)20/h1-4,6-9,20H,5,11-12,14-15H2,(H,24,27)(H,25,26). The molecule has 2 aromatic carbocycles. The zero-order valence-electron chi connectivity index (χ0n) is 15.4. The van der Waals surface area contributed by atoms with E-state index in [1.54, 1.807) is 0 Å². The summed E-state index contributed by atoms with van der Waals surface area (Å²) in [5.74, 6) is 3.85. The van der Waals surface area contributed by atoms with Crippen LogP contribution in [0.15, 0.2) is 48.5 Å². The predicted molar refractivity (Wildman–Crippen MR) is 105 cm³/mol. The molecule has 142 valence electrons. The number of fused-ring (bicyclic) bond motifs is 3. The summed E-state index contributed by atoms with van der Waals surface area (Å²) >= 11 is 0. The number of carboxylic acids is 1. The minimum absolute atomic E-state index is 0.0163.